The van der Waals surface area contributed by atoms with Crippen molar-refractivity contribution in [2.75, 3.05) is 0 Å². The van der Waals surface area contributed by atoms with E-state index in [-0.39, 0.29) is 0 Å². The van der Waals surface area contributed by atoms with Crippen LogP contribution in [0.1, 0.15) is 20.7 Å². The van der Waals surface area contributed by atoms with E-state index in [9.17, 15) is 9.59 Å². The van der Waals surface area contributed by atoms with Crippen molar-refractivity contribution in [3.05, 3.63) is 42.5 Å². The zero-order chi connectivity index (χ0) is 9.42. The number of carbonyl (C=O) groups excluding carboxylic acids is 2. The largest absolute Gasteiger partial charge is 0.285 e. The summed E-state index contributed by atoms with van der Waals surface area (Å²) in [6, 6.07) is 6.54. The molecule has 0 atom stereocenters. The third-order valence-corrected chi connectivity index (χ3v) is 1.89. The Bertz CT molecular complexity index is 351. The van der Waals surface area contributed by atoms with E-state index in [1.807, 2.05) is 0 Å². The second-order valence-electron chi connectivity index (χ2n) is 2.58. The van der Waals surface area contributed by atoms with Crippen LogP contribution in [0.5, 0.6) is 0 Å². The topological polar surface area (TPSA) is 46.6 Å². The first kappa shape index (κ1) is 7.94. The standard InChI is InChI=1S/C9H6NO3/c1-13-10-8(11)6-4-2-3-5-7(6)9(10)12/h2-5H,1H2. The highest BCUT2D eigenvalue weighted by molar-refractivity contribution is 6.20. The molecular formula is C9H6NO3. The number of hydrogen-bond donors (Lipinski definition) is 0. The second kappa shape index (κ2) is 2.67. The molecule has 0 saturated heterocycles. The average molecular weight is 176 g/mol. The summed E-state index contributed by atoms with van der Waals surface area (Å²) < 4.78 is 0. The van der Waals surface area contributed by atoms with Gasteiger partial charge in [0.25, 0.3) is 11.8 Å². The Morgan fingerprint density at radius 3 is 1.92 bits per heavy atom. The fraction of sp³-hybridized carbons (Fsp3) is 0. The summed E-state index contributed by atoms with van der Waals surface area (Å²) in [4.78, 5) is 27.2. The summed E-state index contributed by atoms with van der Waals surface area (Å²) in [5, 5.41) is 0.644. The maximum absolute atomic E-state index is 11.4. The minimum Gasteiger partial charge on any atom is -0.266 e. The van der Waals surface area contributed by atoms with Gasteiger partial charge in [-0.25, -0.2) is 0 Å². The van der Waals surface area contributed by atoms with Gasteiger partial charge in [-0.15, -0.1) is 5.06 Å². The van der Waals surface area contributed by atoms with E-state index in [1.54, 1.807) is 24.3 Å². The molecule has 1 aromatic rings. The molecule has 1 aliphatic heterocycles. The Balaban J connectivity index is 2.57. The van der Waals surface area contributed by atoms with Crippen LogP contribution in [0.25, 0.3) is 0 Å². The van der Waals surface area contributed by atoms with Gasteiger partial charge in [-0.1, -0.05) is 12.1 Å². The summed E-state index contributed by atoms with van der Waals surface area (Å²) in [6.45, 7) is 0. The Hall–Kier alpha value is -1.68. The van der Waals surface area contributed by atoms with Crippen molar-refractivity contribution in [2.24, 2.45) is 0 Å². The van der Waals surface area contributed by atoms with Gasteiger partial charge in [-0.05, 0) is 12.1 Å². The van der Waals surface area contributed by atoms with Crippen molar-refractivity contribution < 1.29 is 14.4 Å². The monoisotopic (exact) mass is 176 g/mol. The molecule has 0 aliphatic carbocycles. The van der Waals surface area contributed by atoms with Crippen molar-refractivity contribution in [1.82, 2.24) is 5.06 Å². The zero-order valence-corrected chi connectivity index (χ0v) is 6.69. The first-order chi connectivity index (χ1) is 6.25. The van der Waals surface area contributed by atoms with Gasteiger partial charge < -0.3 is 0 Å². The van der Waals surface area contributed by atoms with E-state index in [0.717, 1.165) is 0 Å². The normalized spacial score (nSPS) is 15.0. The molecule has 0 unspecified atom stereocenters. The van der Waals surface area contributed by atoms with E-state index < -0.39 is 11.8 Å². The predicted octanol–water partition coefficient (Wildman–Crippen LogP) is 1.01. The number of nitrogens with zero attached hydrogens (tertiary/aromatic N) is 1. The Morgan fingerprint density at radius 2 is 1.54 bits per heavy atom. The molecule has 0 fully saturated rings. The lowest BCUT2D eigenvalue weighted by Crippen LogP contribution is -2.27. The molecule has 1 aliphatic rings. The molecule has 4 nitrogen and oxygen atoms in total. The number of carbonyl (C=O) groups is 2. The molecule has 0 aromatic heterocycles. The summed E-state index contributed by atoms with van der Waals surface area (Å²) >= 11 is 0. The average Bonchev–Trinajstić information content (AvgIpc) is 2.41. The highest BCUT2D eigenvalue weighted by Crippen LogP contribution is 2.21. The SMILES string of the molecule is [CH2]ON1C(=O)c2ccccc2C1=O. The van der Waals surface area contributed by atoms with Crippen LogP contribution < -0.4 is 0 Å². The molecule has 0 N–H and O–H groups in total. The summed E-state index contributed by atoms with van der Waals surface area (Å²) in [6.07, 6.45) is 0. The minimum atomic E-state index is -0.462. The predicted molar refractivity (Wildman–Crippen MR) is 43.4 cm³/mol. The molecule has 4 heteroatoms. The van der Waals surface area contributed by atoms with Crippen molar-refractivity contribution in [3.8, 4) is 0 Å². The Morgan fingerprint density at radius 1 is 1.08 bits per heavy atom. The second-order valence-corrected chi connectivity index (χ2v) is 2.58. The molecule has 65 valence electrons. The van der Waals surface area contributed by atoms with Gasteiger partial charge in [-0.3, -0.25) is 14.4 Å². The van der Waals surface area contributed by atoms with Crippen LogP contribution in [0, 0.1) is 7.11 Å². The van der Waals surface area contributed by atoms with Gasteiger partial charge in [0, 0.05) is 0 Å². The molecule has 2 amide bonds. The highest BCUT2D eigenvalue weighted by Gasteiger charge is 2.35. The number of hydroxylamine groups is 2. The van der Waals surface area contributed by atoms with Gasteiger partial charge in [0.15, 0.2) is 0 Å². The van der Waals surface area contributed by atoms with Crippen LogP contribution >= 0.6 is 0 Å². The molecule has 0 bridgehead atoms. The number of fused-ring (bicyclic) bond motifs is 1. The molecule has 1 heterocycles. The maximum Gasteiger partial charge on any atom is 0.285 e. The number of amides is 2. The summed E-state index contributed by atoms with van der Waals surface area (Å²) in [7, 11) is 3.04. The first-order valence-electron chi connectivity index (χ1n) is 3.65. The lowest BCUT2D eigenvalue weighted by Gasteiger charge is -2.07. The lowest BCUT2D eigenvalue weighted by molar-refractivity contribution is -0.0460. The van der Waals surface area contributed by atoms with Gasteiger partial charge in [0.05, 0.1) is 11.1 Å². The van der Waals surface area contributed by atoms with Gasteiger partial charge in [0.1, 0.15) is 7.11 Å². The molecule has 0 spiro atoms. The number of imide groups is 1. The number of benzene rings is 1. The molecule has 13 heavy (non-hydrogen) atoms. The van der Waals surface area contributed by atoms with Crippen LogP contribution in [0.3, 0.4) is 0 Å². The number of rotatable bonds is 1. The highest BCUT2D eigenvalue weighted by atomic mass is 16.7. The smallest absolute Gasteiger partial charge is 0.266 e. The van der Waals surface area contributed by atoms with Crippen LogP contribution in [-0.4, -0.2) is 16.9 Å². The maximum atomic E-state index is 11.4. The molecule has 2 rings (SSSR count). The fourth-order valence-electron chi connectivity index (χ4n) is 1.28. The third kappa shape index (κ3) is 0.957. The van der Waals surface area contributed by atoms with Crippen molar-refractivity contribution in [3.63, 3.8) is 0 Å². The van der Waals surface area contributed by atoms with Gasteiger partial charge in [-0.2, -0.15) is 0 Å². The third-order valence-electron chi connectivity index (χ3n) is 1.89. The van der Waals surface area contributed by atoms with Crippen molar-refractivity contribution >= 4 is 11.8 Å². The quantitative estimate of drug-likeness (QED) is 0.600. The van der Waals surface area contributed by atoms with Gasteiger partial charge >= 0.3 is 0 Å². The minimum absolute atomic E-state index is 0.358. The van der Waals surface area contributed by atoms with E-state index in [2.05, 4.69) is 11.9 Å². The lowest BCUT2D eigenvalue weighted by atomic mass is 10.1. The van der Waals surface area contributed by atoms with Crippen LogP contribution in [0.2, 0.25) is 0 Å². The zero-order valence-electron chi connectivity index (χ0n) is 6.69. The van der Waals surface area contributed by atoms with Crippen LogP contribution in [0.15, 0.2) is 24.3 Å². The van der Waals surface area contributed by atoms with E-state index in [1.165, 1.54) is 0 Å². The summed E-state index contributed by atoms with van der Waals surface area (Å²) in [5.74, 6) is -0.925. The molecule has 1 aromatic carbocycles. The fourth-order valence-corrected chi connectivity index (χ4v) is 1.28. The summed E-state index contributed by atoms with van der Waals surface area (Å²) in [5.41, 5.74) is 0.715. The molecular weight excluding hydrogens is 170 g/mol. The molecule has 1 radical (unpaired) electrons. The van der Waals surface area contributed by atoms with E-state index in [0.29, 0.717) is 16.2 Å². The van der Waals surface area contributed by atoms with Crippen LogP contribution in [0.4, 0.5) is 0 Å². The van der Waals surface area contributed by atoms with E-state index >= 15 is 0 Å². The van der Waals surface area contributed by atoms with Crippen LogP contribution in [-0.2, 0) is 4.84 Å². The first-order valence-corrected chi connectivity index (χ1v) is 3.65. The van der Waals surface area contributed by atoms with Crippen molar-refractivity contribution in [1.29, 1.82) is 0 Å². The van der Waals surface area contributed by atoms with Gasteiger partial charge in [0.2, 0.25) is 0 Å². The van der Waals surface area contributed by atoms with E-state index in [4.69, 9.17) is 0 Å². The Kier molecular flexibility index (Phi) is 1.63. The van der Waals surface area contributed by atoms with Crippen molar-refractivity contribution in [2.45, 2.75) is 0 Å². The number of hydrogen-bond acceptors (Lipinski definition) is 3. The Labute approximate surface area is 74.7 Å². The molecule has 0 saturated carbocycles.